The normalized spacial score (nSPS) is 26.6. The van der Waals surface area contributed by atoms with Crippen LogP contribution in [0.4, 0.5) is 0 Å². The van der Waals surface area contributed by atoms with Crippen molar-refractivity contribution in [2.45, 2.75) is 70.7 Å². The van der Waals surface area contributed by atoms with E-state index in [0.717, 1.165) is 0 Å². The van der Waals surface area contributed by atoms with Crippen molar-refractivity contribution >= 4 is 14.1 Å². The summed E-state index contributed by atoms with van der Waals surface area (Å²) in [7, 11) is -1.87. The highest BCUT2D eigenvalue weighted by Gasteiger charge is 2.46. The summed E-state index contributed by atoms with van der Waals surface area (Å²) < 4.78 is 17.6. The Labute approximate surface area is 123 Å². The van der Waals surface area contributed by atoms with Crippen molar-refractivity contribution in [2.75, 3.05) is 6.61 Å². The Morgan fingerprint density at radius 1 is 1.35 bits per heavy atom. The van der Waals surface area contributed by atoms with Crippen molar-refractivity contribution in [3.05, 3.63) is 12.7 Å². The van der Waals surface area contributed by atoms with Crippen molar-refractivity contribution < 1.29 is 18.7 Å². The van der Waals surface area contributed by atoms with Gasteiger partial charge in [0.05, 0.1) is 6.61 Å². The van der Waals surface area contributed by atoms with Gasteiger partial charge in [-0.25, -0.2) is 0 Å². The summed E-state index contributed by atoms with van der Waals surface area (Å²) in [6.45, 7) is 18.4. The molecule has 0 aromatic heterocycles. The Morgan fingerprint density at radius 3 is 2.35 bits per heavy atom. The number of hydrogen-bond donors (Lipinski definition) is 0. The monoisotopic (exact) mass is 300 g/mol. The van der Waals surface area contributed by atoms with Crippen LogP contribution in [0.15, 0.2) is 12.7 Å². The zero-order chi connectivity index (χ0) is 15.8. The molecule has 0 unspecified atom stereocenters. The van der Waals surface area contributed by atoms with Gasteiger partial charge in [0, 0.05) is 0 Å². The van der Waals surface area contributed by atoms with Gasteiger partial charge in [-0.2, -0.15) is 0 Å². The molecule has 0 saturated carbocycles. The van der Waals surface area contributed by atoms with Crippen molar-refractivity contribution in [1.29, 1.82) is 0 Å². The third-order valence-corrected chi connectivity index (χ3v) is 8.58. The highest BCUT2D eigenvalue weighted by atomic mass is 28.4. The molecule has 1 fully saturated rings. The van der Waals surface area contributed by atoms with E-state index in [0.29, 0.717) is 6.61 Å². The number of rotatable bonds is 5. The van der Waals surface area contributed by atoms with Gasteiger partial charge in [0.25, 0.3) is 0 Å². The molecule has 4 nitrogen and oxygen atoms in total. The molecule has 1 aliphatic heterocycles. The summed E-state index contributed by atoms with van der Waals surface area (Å²) in [5.74, 6) is -0.912. The first kappa shape index (κ1) is 17.6. The van der Waals surface area contributed by atoms with E-state index in [1.807, 2.05) is 13.8 Å². The van der Waals surface area contributed by atoms with E-state index in [2.05, 4.69) is 40.4 Å². The van der Waals surface area contributed by atoms with Gasteiger partial charge in [-0.05, 0) is 38.1 Å². The molecule has 0 N–H and O–H groups in total. The molecular formula is C15H28O4Si. The van der Waals surface area contributed by atoms with Crippen LogP contribution < -0.4 is 0 Å². The van der Waals surface area contributed by atoms with Crippen molar-refractivity contribution in [1.82, 2.24) is 0 Å². The highest BCUT2D eigenvalue weighted by molar-refractivity contribution is 6.74. The summed E-state index contributed by atoms with van der Waals surface area (Å²) in [5, 5.41) is 0.125. The molecular weight excluding hydrogens is 272 g/mol. The number of hydrogen-bond acceptors (Lipinski definition) is 4. The molecule has 0 bridgehead atoms. The van der Waals surface area contributed by atoms with Crippen molar-refractivity contribution in [2.24, 2.45) is 0 Å². The fourth-order valence-electron chi connectivity index (χ4n) is 1.82. The average molecular weight is 300 g/mol. The van der Waals surface area contributed by atoms with Crippen LogP contribution in [-0.2, 0) is 18.7 Å². The molecule has 0 amide bonds. The lowest BCUT2D eigenvalue weighted by Crippen LogP contribution is -2.44. The number of carbonyl (C=O) groups is 1. The lowest BCUT2D eigenvalue weighted by molar-refractivity contribution is -0.154. The van der Waals surface area contributed by atoms with Crippen LogP contribution in [0.5, 0.6) is 0 Å². The van der Waals surface area contributed by atoms with Gasteiger partial charge in [-0.1, -0.05) is 27.4 Å². The Kier molecular flexibility index (Phi) is 5.02. The molecule has 1 aliphatic rings. The van der Waals surface area contributed by atoms with E-state index >= 15 is 0 Å². The van der Waals surface area contributed by atoms with Crippen LogP contribution in [0.1, 0.15) is 34.6 Å². The SMILES string of the molecule is C=CC(=O)[C@@H]1OC(C)(C)O[C@H]1CO[Si](C)(C)C(C)(C)C. The highest BCUT2D eigenvalue weighted by Crippen LogP contribution is 2.37. The molecule has 5 heteroatoms. The molecule has 1 saturated heterocycles. The van der Waals surface area contributed by atoms with E-state index in [-0.39, 0.29) is 16.9 Å². The molecule has 1 heterocycles. The van der Waals surface area contributed by atoms with Gasteiger partial charge in [-0.15, -0.1) is 0 Å². The lowest BCUT2D eigenvalue weighted by atomic mass is 10.1. The number of carbonyl (C=O) groups excluding carboxylic acids is 1. The van der Waals surface area contributed by atoms with Crippen molar-refractivity contribution in [3.63, 3.8) is 0 Å². The van der Waals surface area contributed by atoms with Gasteiger partial charge < -0.3 is 13.9 Å². The minimum absolute atomic E-state index is 0.125. The van der Waals surface area contributed by atoms with E-state index in [1.54, 1.807) is 0 Å². The second kappa shape index (κ2) is 5.71. The Bertz CT molecular complexity index is 382. The zero-order valence-corrected chi connectivity index (χ0v) is 14.8. The molecule has 2 atom stereocenters. The van der Waals surface area contributed by atoms with Crippen LogP contribution in [0.25, 0.3) is 0 Å². The first-order valence-electron chi connectivity index (χ1n) is 7.05. The van der Waals surface area contributed by atoms with E-state index < -0.39 is 20.2 Å². The average Bonchev–Trinajstić information content (AvgIpc) is 2.59. The third-order valence-electron chi connectivity index (χ3n) is 4.08. The summed E-state index contributed by atoms with van der Waals surface area (Å²) in [6, 6.07) is 0. The van der Waals surface area contributed by atoms with Gasteiger partial charge in [0.2, 0.25) is 0 Å². The third kappa shape index (κ3) is 4.01. The maximum atomic E-state index is 11.9. The van der Waals surface area contributed by atoms with Gasteiger partial charge in [0.1, 0.15) is 6.10 Å². The first-order chi connectivity index (χ1) is 8.89. The molecule has 20 heavy (non-hydrogen) atoms. The largest absolute Gasteiger partial charge is 0.414 e. The van der Waals surface area contributed by atoms with Crippen LogP contribution in [-0.4, -0.2) is 38.7 Å². The molecule has 0 aliphatic carbocycles. The first-order valence-corrected chi connectivity index (χ1v) is 9.96. The van der Waals surface area contributed by atoms with Crippen molar-refractivity contribution in [3.8, 4) is 0 Å². The van der Waals surface area contributed by atoms with Gasteiger partial charge in [-0.3, -0.25) is 4.79 Å². The summed E-state index contributed by atoms with van der Waals surface area (Å²) in [5.41, 5.74) is 0. The number of ether oxygens (including phenoxy) is 2. The summed E-state index contributed by atoms with van der Waals surface area (Å²) in [6.07, 6.45) is 0.297. The zero-order valence-electron chi connectivity index (χ0n) is 13.8. The minimum atomic E-state index is -1.87. The Balaban J connectivity index is 2.75. The topological polar surface area (TPSA) is 44.8 Å². The Hall–Kier alpha value is -0.493. The van der Waals surface area contributed by atoms with Gasteiger partial charge in [0.15, 0.2) is 26.0 Å². The fraction of sp³-hybridized carbons (Fsp3) is 0.800. The fourth-order valence-corrected chi connectivity index (χ4v) is 2.84. The Morgan fingerprint density at radius 2 is 1.90 bits per heavy atom. The second-order valence-electron chi connectivity index (χ2n) is 7.27. The van der Waals surface area contributed by atoms with Crippen LogP contribution in [0.3, 0.4) is 0 Å². The summed E-state index contributed by atoms with van der Waals surface area (Å²) in [4.78, 5) is 11.9. The van der Waals surface area contributed by atoms with Gasteiger partial charge >= 0.3 is 0 Å². The predicted octanol–water partition coefficient (Wildman–Crippen LogP) is 3.28. The maximum Gasteiger partial charge on any atom is 0.192 e. The molecule has 1 rings (SSSR count). The summed E-state index contributed by atoms with van der Waals surface area (Å²) >= 11 is 0. The lowest BCUT2D eigenvalue weighted by Gasteiger charge is -2.37. The molecule has 0 aromatic rings. The van der Waals surface area contributed by atoms with E-state index in [4.69, 9.17) is 13.9 Å². The molecule has 116 valence electrons. The number of ketones is 1. The predicted molar refractivity (Wildman–Crippen MR) is 82.2 cm³/mol. The van der Waals surface area contributed by atoms with Crippen LogP contribution in [0, 0.1) is 0 Å². The molecule has 0 radical (unpaired) electrons. The smallest absolute Gasteiger partial charge is 0.192 e. The van der Waals surface area contributed by atoms with E-state index in [1.165, 1.54) is 6.08 Å². The molecule has 0 spiro atoms. The quantitative estimate of drug-likeness (QED) is 0.577. The standard InChI is InChI=1S/C15H28O4Si/c1-9-11(16)13-12(18-15(5,6)19-13)10-17-20(7,8)14(2,3)4/h9,12-13H,1,10H2,2-8H3/t12-,13-/m0/s1. The maximum absolute atomic E-state index is 11.9. The second-order valence-corrected chi connectivity index (χ2v) is 12.1. The minimum Gasteiger partial charge on any atom is -0.414 e. The van der Waals surface area contributed by atoms with Crippen LogP contribution in [0.2, 0.25) is 18.1 Å². The molecule has 0 aromatic carbocycles. The van der Waals surface area contributed by atoms with Crippen LogP contribution >= 0.6 is 0 Å². The van der Waals surface area contributed by atoms with E-state index in [9.17, 15) is 4.79 Å².